The minimum absolute atomic E-state index is 0.0686. The number of hydrogen-bond donors (Lipinski definition) is 2. The highest BCUT2D eigenvalue weighted by Crippen LogP contribution is 2.49. The van der Waals surface area contributed by atoms with Gasteiger partial charge in [-0.1, -0.05) is 0 Å². The molecule has 8 atom stereocenters. The highest BCUT2D eigenvalue weighted by molar-refractivity contribution is 6.03. The van der Waals surface area contributed by atoms with Gasteiger partial charge in [0, 0.05) is 69.0 Å². The molecule has 39 heavy (non-hydrogen) atoms. The first kappa shape index (κ1) is 27.1. The predicted octanol–water partition coefficient (Wildman–Crippen LogP) is 1.42. The summed E-state index contributed by atoms with van der Waals surface area (Å²) in [7, 11) is 1.67. The van der Waals surface area contributed by atoms with Gasteiger partial charge >= 0.3 is 0 Å². The van der Waals surface area contributed by atoms with Gasteiger partial charge in [0.2, 0.25) is 17.7 Å². The number of likely N-dealkylation sites (tertiary alicyclic amines) is 1. The summed E-state index contributed by atoms with van der Waals surface area (Å²) in [6.07, 6.45) is 7.18. The smallest absolute Gasteiger partial charge is 0.248 e. The fourth-order valence-corrected chi connectivity index (χ4v) is 8.14. The van der Waals surface area contributed by atoms with E-state index >= 15 is 4.39 Å². The third-order valence-corrected chi connectivity index (χ3v) is 10.2. The second kappa shape index (κ2) is 11.4. The van der Waals surface area contributed by atoms with Gasteiger partial charge in [0.05, 0.1) is 25.2 Å². The van der Waals surface area contributed by atoms with Crippen LogP contribution in [0, 0.1) is 23.7 Å². The van der Waals surface area contributed by atoms with Gasteiger partial charge in [-0.25, -0.2) is 4.39 Å². The fourth-order valence-electron chi connectivity index (χ4n) is 8.14. The summed E-state index contributed by atoms with van der Waals surface area (Å²) >= 11 is 0. The molecule has 0 aromatic rings. The number of morpholine rings is 1. The molecule has 7 unspecified atom stereocenters. The standard InChI is InChI=1S/C29H43FN4O5/c1-38-23-4-2-3-22-25(23)20(15-24(35)32-22)28(36)31-18-9-10-34(16-18)27-19(17-5-6-17)7-8-21(30)26(27)29(37)33-11-13-39-14-12-33/h15,17-19,21-23,25-27H,2-14,16H2,1H3,(H,31,36)(H,32,35)/t18-,19?,21?,22?,23?,25?,26?,27?/m1/s1. The average Bonchev–Trinajstić information content (AvgIpc) is 3.70. The van der Waals surface area contributed by atoms with Crippen LogP contribution in [0.4, 0.5) is 4.39 Å². The number of fused-ring (bicyclic) bond motifs is 1. The molecule has 3 aliphatic heterocycles. The van der Waals surface area contributed by atoms with Crippen molar-refractivity contribution in [2.24, 2.45) is 23.7 Å². The van der Waals surface area contributed by atoms with Gasteiger partial charge < -0.3 is 25.0 Å². The van der Waals surface area contributed by atoms with E-state index in [1.165, 1.54) is 6.08 Å². The number of amides is 3. The molecule has 3 aliphatic carbocycles. The minimum atomic E-state index is -1.14. The molecule has 3 amide bonds. The molecule has 3 saturated carbocycles. The highest BCUT2D eigenvalue weighted by atomic mass is 19.1. The molecule has 6 aliphatic rings. The molecular formula is C29H43FN4O5. The lowest BCUT2D eigenvalue weighted by Crippen LogP contribution is -2.58. The summed E-state index contributed by atoms with van der Waals surface area (Å²) in [5.74, 6) is -0.429. The topological polar surface area (TPSA) is 100 Å². The lowest BCUT2D eigenvalue weighted by Gasteiger charge is -2.46. The van der Waals surface area contributed by atoms with Crippen LogP contribution in [-0.4, -0.2) is 104 Å². The molecule has 2 saturated heterocycles. The maximum atomic E-state index is 15.6. The fraction of sp³-hybridized carbons (Fsp3) is 0.828. The summed E-state index contributed by atoms with van der Waals surface area (Å²) in [6, 6.07) is -0.332. The van der Waals surface area contributed by atoms with E-state index in [1.807, 2.05) is 0 Å². The molecule has 0 bridgehead atoms. The van der Waals surface area contributed by atoms with E-state index < -0.39 is 12.1 Å². The number of ether oxygens (including phenoxy) is 2. The van der Waals surface area contributed by atoms with E-state index in [-0.39, 0.29) is 47.9 Å². The molecule has 3 heterocycles. The lowest BCUT2D eigenvalue weighted by molar-refractivity contribution is -0.148. The number of carbonyl (C=O) groups excluding carboxylic acids is 3. The lowest BCUT2D eigenvalue weighted by atomic mass is 9.72. The van der Waals surface area contributed by atoms with Crippen molar-refractivity contribution < 1.29 is 28.2 Å². The molecular weight excluding hydrogens is 503 g/mol. The van der Waals surface area contributed by atoms with Gasteiger partial charge in [0.25, 0.3) is 0 Å². The molecule has 0 aromatic heterocycles. The van der Waals surface area contributed by atoms with Crippen molar-refractivity contribution in [3.8, 4) is 0 Å². The zero-order chi connectivity index (χ0) is 27.1. The molecule has 6 rings (SSSR count). The van der Waals surface area contributed by atoms with Crippen LogP contribution in [0.1, 0.15) is 51.4 Å². The van der Waals surface area contributed by atoms with Crippen molar-refractivity contribution in [1.29, 1.82) is 0 Å². The van der Waals surface area contributed by atoms with E-state index in [2.05, 4.69) is 15.5 Å². The Balaban J connectivity index is 1.17. The van der Waals surface area contributed by atoms with Crippen molar-refractivity contribution in [3.05, 3.63) is 11.6 Å². The average molecular weight is 547 g/mol. The zero-order valence-electron chi connectivity index (χ0n) is 23.0. The van der Waals surface area contributed by atoms with Crippen LogP contribution in [0.15, 0.2) is 11.6 Å². The number of carbonyl (C=O) groups is 3. The van der Waals surface area contributed by atoms with Gasteiger partial charge in [-0.3, -0.25) is 19.3 Å². The summed E-state index contributed by atoms with van der Waals surface area (Å²) in [5.41, 5.74) is 0.506. The second-order valence-electron chi connectivity index (χ2n) is 12.4. The molecule has 0 spiro atoms. The second-order valence-corrected chi connectivity index (χ2v) is 12.4. The van der Waals surface area contributed by atoms with Crippen molar-refractivity contribution in [1.82, 2.24) is 20.4 Å². The molecule has 0 radical (unpaired) electrons. The number of alkyl halides is 1. The number of nitrogens with one attached hydrogen (secondary N) is 2. The molecule has 216 valence electrons. The Bertz CT molecular complexity index is 983. The first-order valence-corrected chi connectivity index (χ1v) is 15.0. The first-order chi connectivity index (χ1) is 18.9. The minimum Gasteiger partial charge on any atom is -0.381 e. The Hall–Kier alpha value is -2.04. The number of hydrogen-bond acceptors (Lipinski definition) is 6. The Labute approximate surface area is 230 Å². The highest BCUT2D eigenvalue weighted by Gasteiger charge is 2.53. The normalized spacial score (nSPS) is 39.5. The third-order valence-electron chi connectivity index (χ3n) is 10.2. The Kier molecular flexibility index (Phi) is 7.97. The van der Waals surface area contributed by atoms with Gasteiger partial charge in [-0.2, -0.15) is 0 Å². The Morgan fingerprint density at radius 2 is 1.87 bits per heavy atom. The van der Waals surface area contributed by atoms with E-state index in [1.54, 1.807) is 12.0 Å². The summed E-state index contributed by atoms with van der Waals surface area (Å²) in [5, 5.41) is 6.22. The third kappa shape index (κ3) is 5.48. The van der Waals surface area contributed by atoms with Crippen LogP contribution in [0.5, 0.6) is 0 Å². The summed E-state index contributed by atoms with van der Waals surface area (Å²) in [6.45, 7) is 3.38. The predicted molar refractivity (Wildman–Crippen MR) is 141 cm³/mol. The van der Waals surface area contributed by atoms with Crippen LogP contribution >= 0.6 is 0 Å². The van der Waals surface area contributed by atoms with Crippen molar-refractivity contribution >= 4 is 17.7 Å². The Morgan fingerprint density at radius 3 is 2.62 bits per heavy atom. The first-order valence-electron chi connectivity index (χ1n) is 15.0. The summed E-state index contributed by atoms with van der Waals surface area (Å²) < 4.78 is 26.8. The van der Waals surface area contributed by atoms with E-state index in [0.717, 1.165) is 51.5 Å². The Morgan fingerprint density at radius 1 is 1.08 bits per heavy atom. The quantitative estimate of drug-likeness (QED) is 0.523. The van der Waals surface area contributed by atoms with Crippen LogP contribution in [0.3, 0.4) is 0 Å². The number of halogens is 1. The van der Waals surface area contributed by atoms with E-state index in [0.29, 0.717) is 56.7 Å². The number of nitrogens with zero attached hydrogens (tertiary/aromatic N) is 2. The maximum absolute atomic E-state index is 15.6. The molecule has 0 aromatic carbocycles. The SMILES string of the molecule is COC1CCCC2NC(=O)C=C(C(=O)N[C@@H]3CCN(C4C(C5CC5)CCC(F)C4C(=O)N4CCOCC4)C3)C21. The molecule has 5 fully saturated rings. The molecule has 9 nitrogen and oxygen atoms in total. The van der Waals surface area contributed by atoms with E-state index in [9.17, 15) is 14.4 Å². The van der Waals surface area contributed by atoms with E-state index in [4.69, 9.17) is 9.47 Å². The molecule has 2 N–H and O–H groups in total. The van der Waals surface area contributed by atoms with Gasteiger partial charge in [0.15, 0.2) is 0 Å². The largest absolute Gasteiger partial charge is 0.381 e. The van der Waals surface area contributed by atoms with Crippen LogP contribution in [0.25, 0.3) is 0 Å². The zero-order valence-corrected chi connectivity index (χ0v) is 23.0. The van der Waals surface area contributed by atoms with Crippen molar-refractivity contribution in [3.63, 3.8) is 0 Å². The van der Waals surface area contributed by atoms with Gasteiger partial charge in [-0.15, -0.1) is 0 Å². The van der Waals surface area contributed by atoms with Crippen molar-refractivity contribution in [2.75, 3.05) is 46.5 Å². The van der Waals surface area contributed by atoms with Crippen molar-refractivity contribution in [2.45, 2.75) is 81.8 Å². The van der Waals surface area contributed by atoms with Crippen LogP contribution < -0.4 is 10.6 Å². The van der Waals surface area contributed by atoms with Crippen LogP contribution in [0.2, 0.25) is 0 Å². The van der Waals surface area contributed by atoms with Gasteiger partial charge in [-0.05, 0) is 63.2 Å². The monoisotopic (exact) mass is 546 g/mol. The number of rotatable bonds is 6. The molecule has 10 heteroatoms. The van der Waals surface area contributed by atoms with Gasteiger partial charge in [0.1, 0.15) is 6.17 Å². The van der Waals surface area contributed by atoms with Crippen LogP contribution in [-0.2, 0) is 23.9 Å². The maximum Gasteiger partial charge on any atom is 0.248 e. The summed E-state index contributed by atoms with van der Waals surface area (Å²) in [4.78, 5) is 43.7. The number of methoxy groups -OCH3 is 1.